The number of fused-ring (bicyclic) bond motifs is 5. The highest BCUT2D eigenvalue weighted by molar-refractivity contribution is 6.03. The largest absolute Gasteiger partial charge is 0.469 e. The molecular weight excluding hydrogens is 332 g/mol. The van der Waals surface area contributed by atoms with Crippen LogP contribution in [0, 0.1) is 11.8 Å². The first-order chi connectivity index (χ1) is 12.5. The Morgan fingerprint density at radius 3 is 2.81 bits per heavy atom. The molecule has 2 bridgehead atoms. The third kappa shape index (κ3) is 2.36. The van der Waals surface area contributed by atoms with Crippen molar-refractivity contribution >= 4 is 28.9 Å². The van der Waals surface area contributed by atoms with Crippen molar-refractivity contribution in [1.82, 2.24) is 9.88 Å². The fourth-order valence-electron chi connectivity index (χ4n) is 4.41. The third-order valence-electron chi connectivity index (χ3n) is 5.67. The highest BCUT2D eigenvalue weighted by atomic mass is 16.5. The van der Waals surface area contributed by atoms with Crippen LogP contribution in [0.15, 0.2) is 36.0 Å². The van der Waals surface area contributed by atoms with Gasteiger partial charge >= 0.3 is 5.97 Å². The van der Waals surface area contributed by atoms with Gasteiger partial charge < -0.3 is 14.6 Å². The molecule has 0 unspecified atom stereocenters. The molecule has 134 valence electrons. The zero-order valence-corrected chi connectivity index (χ0v) is 14.7. The molecule has 0 radical (unpaired) electrons. The number of hydrogen-bond donors (Lipinski definition) is 1. The van der Waals surface area contributed by atoms with E-state index in [0.29, 0.717) is 17.7 Å². The predicted molar refractivity (Wildman–Crippen MR) is 95.6 cm³/mol. The summed E-state index contributed by atoms with van der Waals surface area (Å²) in [5.74, 6) is -1.48. The number of para-hydroxylation sites is 1. The van der Waals surface area contributed by atoms with E-state index in [1.165, 1.54) is 7.11 Å². The molecule has 6 heteroatoms. The molecule has 4 rings (SSSR count). The van der Waals surface area contributed by atoms with Crippen molar-refractivity contribution in [3.63, 3.8) is 0 Å². The van der Waals surface area contributed by atoms with Gasteiger partial charge in [0, 0.05) is 48.1 Å². The summed E-state index contributed by atoms with van der Waals surface area (Å²) in [6.07, 6.45) is 3.14. The van der Waals surface area contributed by atoms with Crippen LogP contribution < -0.4 is 0 Å². The third-order valence-corrected chi connectivity index (χ3v) is 5.67. The molecule has 0 spiro atoms. The molecule has 0 amide bonds. The Morgan fingerprint density at radius 1 is 1.31 bits per heavy atom. The summed E-state index contributed by atoms with van der Waals surface area (Å²) in [5.41, 5.74) is 2.89. The highest BCUT2D eigenvalue weighted by Gasteiger charge is 2.46. The van der Waals surface area contributed by atoms with Crippen LogP contribution in [0.25, 0.3) is 10.9 Å². The number of aldehydes is 1. The number of Topliss-reactive ketones (excluding diaryl/α,β-unsaturated/α-hetero) is 1. The van der Waals surface area contributed by atoms with E-state index in [0.717, 1.165) is 22.8 Å². The number of carbonyl (C=O) groups is 3. The van der Waals surface area contributed by atoms with E-state index in [1.54, 1.807) is 6.20 Å². The van der Waals surface area contributed by atoms with Gasteiger partial charge in [-0.1, -0.05) is 18.2 Å². The van der Waals surface area contributed by atoms with Gasteiger partial charge in [0.05, 0.1) is 18.7 Å². The predicted octanol–water partition coefficient (Wildman–Crippen LogP) is 2.10. The van der Waals surface area contributed by atoms with Crippen LogP contribution in [0.3, 0.4) is 0 Å². The summed E-state index contributed by atoms with van der Waals surface area (Å²) < 4.78 is 5.03. The van der Waals surface area contributed by atoms with E-state index in [2.05, 4.69) is 4.98 Å². The normalized spacial score (nSPS) is 25.2. The summed E-state index contributed by atoms with van der Waals surface area (Å²) in [7, 11) is 3.21. The number of nitrogens with one attached hydrogen (secondary N) is 1. The van der Waals surface area contributed by atoms with Crippen molar-refractivity contribution in [2.24, 2.45) is 11.8 Å². The summed E-state index contributed by atoms with van der Waals surface area (Å²) in [4.78, 5) is 42.3. The molecule has 1 aliphatic carbocycles. The van der Waals surface area contributed by atoms with Gasteiger partial charge in [-0.05, 0) is 18.1 Å². The number of allylic oxidation sites excluding steroid dienone is 1. The number of carbonyl (C=O) groups excluding carboxylic acids is 3. The van der Waals surface area contributed by atoms with Gasteiger partial charge in [-0.15, -0.1) is 0 Å². The molecule has 0 fully saturated rings. The average Bonchev–Trinajstić information content (AvgIpc) is 3.01. The molecule has 1 aromatic heterocycles. The Hall–Kier alpha value is -2.89. The molecule has 6 nitrogen and oxygen atoms in total. The number of hydrogen-bond acceptors (Lipinski definition) is 5. The minimum Gasteiger partial charge on any atom is -0.469 e. The second-order valence-corrected chi connectivity index (χ2v) is 6.99. The SMILES string of the molecule is COC(=O)[C@H]1[C@H]2CC(=O)c3[nH]c4ccccc4c3C[C@@H]1N(C)C=C2C=O. The van der Waals surface area contributed by atoms with E-state index in [-0.39, 0.29) is 24.2 Å². The summed E-state index contributed by atoms with van der Waals surface area (Å²) in [5, 5.41) is 0.997. The molecule has 1 aromatic carbocycles. The van der Waals surface area contributed by atoms with Gasteiger partial charge in [0.25, 0.3) is 0 Å². The van der Waals surface area contributed by atoms with Crippen LogP contribution in [0.1, 0.15) is 22.5 Å². The van der Waals surface area contributed by atoms with Gasteiger partial charge in [-0.25, -0.2) is 0 Å². The van der Waals surface area contributed by atoms with Crippen LogP contribution in [-0.2, 0) is 20.7 Å². The first-order valence-electron chi connectivity index (χ1n) is 8.64. The second-order valence-electron chi connectivity index (χ2n) is 6.99. The molecule has 2 heterocycles. The van der Waals surface area contributed by atoms with Gasteiger partial charge in [0.15, 0.2) is 5.78 Å². The van der Waals surface area contributed by atoms with E-state index in [4.69, 9.17) is 4.74 Å². The van der Waals surface area contributed by atoms with Crippen molar-refractivity contribution in [2.45, 2.75) is 18.9 Å². The fraction of sp³-hybridized carbons (Fsp3) is 0.350. The summed E-state index contributed by atoms with van der Waals surface area (Å²) in [6.45, 7) is 0. The molecule has 1 N–H and O–H groups in total. The summed E-state index contributed by atoms with van der Waals surface area (Å²) >= 11 is 0. The van der Waals surface area contributed by atoms with E-state index in [9.17, 15) is 14.4 Å². The first-order valence-corrected chi connectivity index (χ1v) is 8.64. The van der Waals surface area contributed by atoms with E-state index in [1.807, 2.05) is 36.2 Å². The lowest BCUT2D eigenvalue weighted by Crippen LogP contribution is -2.50. The molecule has 0 saturated heterocycles. The van der Waals surface area contributed by atoms with Crippen LogP contribution in [0.4, 0.5) is 0 Å². The van der Waals surface area contributed by atoms with Crippen molar-refractivity contribution < 1.29 is 19.1 Å². The molecule has 3 atom stereocenters. The van der Waals surface area contributed by atoms with E-state index >= 15 is 0 Å². The van der Waals surface area contributed by atoms with Crippen LogP contribution >= 0.6 is 0 Å². The molecule has 26 heavy (non-hydrogen) atoms. The Kier molecular flexibility index (Phi) is 3.90. The minimum atomic E-state index is -0.555. The molecule has 2 aromatic rings. The maximum absolute atomic E-state index is 13.0. The maximum Gasteiger partial charge on any atom is 0.311 e. The molecule has 1 aliphatic heterocycles. The van der Waals surface area contributed by atoms with Crippen LogP contribution in [-0.4, -0.2) is 48.1 Å². The molecule has 0 saturated carbocycles. The lowest BCUT2D eigenvalue weighted by molar-refractivity contribution is -0.150. The number of H-pyrrole nitrogens is 1. The number of ketones is 1. The number of benzene rings is 1. The quantitative estimate of drug-likeness (QED) is 0.661. The van der Waals surface area contributed by atoms with Gasteiger partial charge in [-0.3, -0.25) is 14.4 Å². The number of aromatic nitrogens is 1. The van der Waals surface area contributed by atoms with Crippen molar-refractivity contribution in [3.05, 3.63) is 47.3 Å². The zero-order chi connectivity index (χ0) is 18.4. The standard InChI is InChI=1S/C20H20N2O4/c1-22-9-11(10-23)13-8-17(24)19-14(7-16(22)18(13)20(25)26-2)12-5-3-4-6-15(12)21-19/h3-6,9-10,13,16,18,21H,7-8H2,1-2H3/t13-,16-,18-/m0/s1. The van der Waals surface area contributed by atoms with Crippen LogP contribution in [0.5, 0.6) is 0 Å². The Labute approximate surface area is 150 Å². The number of aromatic amines is 1. The number of nitrogens with zero attached hydrogens (tertiary/aromatic N) is 1. The van der Waals surface area contributed by atoms with Gasteiger partial charge in [0.2, 0.25) is 0 Å². The Bertz CT molecular complexity index is 942. The number of likely N-dealkylation sites (N-methyl/N-ethyl adjacent to an activating group) is 1. The second kappa shape index (κ2) is 6.12. The average molecular weight is 352 g/mol. The monoisotopic (exact) mass is 352 g/mol. The number of methoxy groups -OCH3 is 1. The van der Waals surface area contributed by atoms with Crippen molar-refractivity contribution in [1.29, 1.82) is 0 Å². The lowest BCUT2D eigenvalue weighted by atomic mass is 9.72. The Morgan fingerprint density at radius 2 is 2.08 bits per heavy atom. The first kappa shape index (κ1) is 16.6. The van der Waals surface area contributed by atoms with Crippen molar-refractivity contribution in [2.75, 3.05) is 14.2 Å². The van der Waals surface area contributed by atoms with Gasteiger partial charge in [0.1, 0.15) is 6.29 Å². The molecule has 2 aliphatic rings. The highest BCUT2D eigenvalue weighted by Crippen LogP contribution is 2.40. The van der Waals surface area contributed by atoms with Crippen LogP contribution in [0.2, 0.25) is 0 Å². The number of esters is 1. The van der Waals surface area contributed by atoms with E-state index < -0.39 is 11.8 Å². The lowest BCUT2D eigenvalue weighted by Gasteiger charge is -2.42. The topological polar surface area (TPSA) is 79.5 Å². The number of rotatable bonds is 2. The zero-order valence-electron chi connectivity index (χ0n) is 14.7. The van der Waals surface area contributed by atoms with Gasteiger partial charge in [-0.2, -0.15) is 0 Å². The summed E-state index contributed by atoms with van der Waals surface area (Å²) in [6, 6.07) is 7.61. The maximum atomic E-state index is 13.0. The number of ether oxygens (including phenoxy) is 1. The minimum absolute atomic E-state index is 0.0779. The Balaban J connectivity index is 1.92. The fourth-order valence-corrected chi connectivity index (χ4v) is 4.41. The molecular formula is C20H20N2O4. The smallest absolute Gasteiger partial charge is 0.311 e. The van der Waals surface area contributed by atoms with Crippen molar-refractivity contribution in [3.8, 4) is 0 Å².